The first kappa shape index (κ1) is 16.2. The lowest BCUT2D eigenvalue weighted by Gasteiger charge is -2.36. The number of piperazine rings is 1. The van der Waals surface area contributed by atoms with Crippen LogP contribution in [0.1, 0.15) is 11.6 Å². The van der Waals surface area contributed by atoms with Gasteiger partial charge in [-0.05, 0) is 18.7 Å². The van der Waals surface area contributed by atoms with Gasteiger partial charge in [0.15, 0.2) is 0 Å². The van der Waals surface area contributed by atoms with Crippen LogP contribution in [0.5, 0.6) is 0 Å². The summed E-state index contributed by atoms with van der Waals surface area (Å²) >= 11 is 6.11. The highest BCUT2D eigenvalue weighted by molar-refractivity contribution is 6.31. The normalized spacial score (nSPS) is 18.6. The first-order valence-electron chi connectivity index (χ1n) is 5.99. The third kappa shape index (κ3) is 3.83. The predicted molar refractivity (Wildman–Crippen MR) is 78.1 cm³/mol. The standard InChI is InChI=1S/C13H17ClN2O2.ClH/c1-15-6-8-16(9-7-15)12(13(17)18)10-4-2-3-5-11(10)14;/h2-5,12H,6-9H2,1H3,(H,17,18);1H. The molecule has 6 heteroatoms. The molecule has 0 radical (unpaired) electrons. The highest BCUT2D eigenvalue weighted by atomic mass is 35.5. The van der Waals surface area contributed by atoms with E-state index in [0.717, 1.165) is 26.2 Å². The van der Waals surface area contributed by atoms with Crippen LogP contribution in [-0.2, 0) is 4.79 Å². The number of rotatable bonds is 3. The smallest absolute Gasteiger partial charge is 0.325 e. The molecule has 1 N–H and O–H groups in total. The Kier molecular flexibility index (Phi) is 6.07. The minimum Gasteiger partial charge on any atom is -0.480 e. The van der Waals surface area contributed by atoms with Crippen molar-refractivity contribution < 1.29 is 9.90 Å². The molecule has 2 rings (SSSR count). The first-order chi connectivity index (χ1) is 8.59. The van der Waals surface area contributed by atoms with Crippen molar-refractivity contribution >= 4 is 30.0 Å². The zero-order valence-corrected chi connectivity index (χ0v) is 12.3. The van der Waals surface area contributed by atoms with Crippen molar-refractivity contribution in [3.05, 3.63) is 34.9 Å². The van der Waals surface area contributed by atoms with E-state index in [9.17, 15) is 9.90 Å². The fourth-order valence-corrected chi connectivity index (χ4v) is 2.50. The molecule has 106 valence electrons. The number of carboxylic acid groups (broad SMARTS) is 1. The van der Waals surface area contributed by atoms with Gasteiger partial charge in [0.2, 0.25) is 0 Å². The Labute approximate surface area is 124 Å². The van der Waals surface area contributed by atoms with E-state index >= 15 is 0 Å². The third-order valence-electron chi connectivity index (χ3n) is 3.34. The van der Waals surface area contributed by atoms with Crippen molar-refractivity contribution in [2.24, 2.45) is 0 Å². The number of aliphatic carboxylic acids is 1. The van der Waals surface area contributed by atoms with Crippen LogP contribution in [0.2, 0.25) is 5.02 Å². The summed E-state index contributed by atoms with van der Waals surface area (Å²) in [5.74, 6) is -0.840. The minimum absolute atomic E-state index is 0. The van der Waals surface area contributed by atoms with Crippen molar-refractivity contribution in [2.75, 3.05) is 33.2 Å². The molecule has 1 aliphatic rings. The number of carbonyl (C=O) groups is 1. The maximum atomic E-state index is 11.5. The summed E-state index contributed by atoms with van der Waals surface area (Å²) in [4.78, 5) is 15.7. The minimum atomic E-state index is -0.840. The second-order valence-corrected chi connectivity index (χ2v) is 5.01. The predicted octanol–water partition coefficient (Wildman–Crippen LogP) is 2.13. The SMILES string of the molecule is CN1CCN(C(C(=O)O)c2ccccc2Cl)CC1.Cl. The van der Waals surface area contributed by atoms with Crippen LogP contribution >= 0.6 is 24.0 Å². The fourth-order valence-electron chi connectivity index (χ4n) is 2.26. The number of nitrogens with zero attached hydrogens (tertiary/aromatic N) is 2. The number of hydrogen-bond acceptors (Lipinski definition) is 3. The molecule has 1 unspecified atom stereocenters. The first-order valence-corrected chi connectivity index (χ1v) is 6.37. The van der Waals surface area contributed by atoms with E-state index in [1.807, 2.05) is 24.1 Å². The molecular formula is C13H18Cl2N2O2. The monoisotopic (exact) mass is 304 g/mol. The zero-order chi connectivity index (χ0) is 13.1. The van der Waals surface area contributed by atoms with E-state index in [4.69, 9.17) is 11.6 Å². The molecule has 0 saturated carbocycles. The molecule has 1 atom stereocenters. The summed E-state index contributed by atoms with van der Waals surface area (Å²) in [5, 5.41) is 9.97. The lowest BCUT2D eigenvalue weighted by Crippen LogP contribution is -2.47. The van der Waals surface area contributed by atoms with Gasteiger partial charge < -0.3 is 10.0 Å². The van der Waals surface area contributed by atoms with Crippen LogP contribution in [0.25, 0.3) is 0 Å². The molecular weight excluding hydrogens is 287 g/mol. The molecule has 0 spiro atoms. The van der Waals surface area contributed by atoms with Gasteiger partial charge in [0.1, 0.15) is 6.04 Å². The summed E-state index contributed by atoms with van der Waals surface area (Å²) in [6.07, 6.45) is 0. The van der Waals surface area contributed by atoms with Gasteiger partial charge >= 0.3 is 5.97 Å². The Morgan fingerprint density at radius 2 is 1.84 bits per heavy atom. The molecule has 1 aromatic carbocycles. The Balaban J connectivity index is 0.00000180. The van der Waals surface area contributed by atoms with Gasteiger partial charge in [-0.1, -0.05) is 29.8 Å². The maximum absolute atomic E-state index is 11.5. The molecule has 1 aliphatic heterocycles. The van der Waals surface area contributed by atoms with E-state index in [0.29, 0.717) is 10.6 Å². The molecule has 0 aromatic heterocycles. The second kappa shape index (κ2) is 7.10. The summed E-state index contributed by atoms with van der Waals surface area (Å²) in [6.45, 7) is 3.26. The summed E-state index contributed by atoms with van der Waals surface area (Å²) in [6, 6.07) is 6.52. The topological polar surface area (TPSA) is 43.8 Å². The highest BCUT2D eigenvalue weighted by Gasteiger charge is 2.30. The van der Waals surface area contributed by atoms with Crippen LogP contribution in [0.3, 0.4) is 0 Å². The van der Waals surface area contributed by atoms with Gasteiger partial charge in [-0.15, -0.1) is 12.4 Å². The van der Waals surface area contributed by atoms with Gasteiger partial charge in [-0.3, -0.25) is 9.69 Å². The van der Waals surface area contributed by atoms with E-state index < -0.39 is 12.0 Å². The lowest BCUT2D eigenvalue weighted by atomic mass is 10.0. The van der Waals surface area contributed by atoms with Gasteiger partial charge in [0, 0.05) is 31.2 Å². The summed E-state index contributed by atoms with van der Waals surface area (Å²) in [5.41, 5.74) is 0.677. The Bertz CT molecular complexity index is 434. The molecule has 1 aromatic rings. The Hall–Kier alpha value is -0.810. The van der Waals surface area contributed by atoms with Crippen molar-refractivity contribution in [3.63, 3.8) is 0 Å². The zero-order valence-electron chi connectivity index (χ0n) is 10.8. The van der Waals surface area contributed by atoms with Gasteiger partial charge in [-0.25, -0.2) is 0 Å². The molecule has 19 heavy (non-hydrogen) atoms. The molecule has 1 heterocycles. The Morgan fingerprint density at radius 3 is 2.37 bits per heavy atom. The van der Waals surface area contributed by atoms with Crippen molar-refractivity contribution in [3.8, 4) is 0 Å². The maximum Gasteiger partial charge on any atom is 0.325 e. The molecule has 0 aliphatic carbocycles. The molecule has 1 fully saturated rings. The van der Waals surface area contributed by atoms with Crippen molar-refractivity contribution in [1.29, 1.82) is 0 Å². The molecule has 1 saturated heterocycles. The van der Waals surface area contributed by atoms with E-state index in [2.05, 4.69) is 4.90 Å². The average molecular weight is 305 g/mol. The summed E-state index contributed by atoms with van der Waals surface area (Å²) < 4.78 is 0. The quantitative estimate of drug-likeness (QED) is 0.929. The average Bonchev–Trinajstić information content (AvgIpc) is 2.34. The van der Waals surface area contributed by atoms with Crippen molar-refractivity contribution in [2.45, 2.75) is 6.04 Å². The summed E-state index contributed by atoms with van der Waals surface area (Å²) in [7, 11) is 2.04. The number of likely N-dealkylation sites (N-methyl/N-ethyl adjacent to an activating group) is 1. The largest absolute Gasteiger partial charge is 0.480 e. The van der Waals surface area contributed by atoms with Crippen LogP contribution in [0.4, 0.5) is 0 Å². The van der Waals surface area contributed by atoms with Crippen LogP contribution in [0.15, 0.2) is 24.3 Å². The van der Waals surface area contributed by atoms with Crippen LogP contribution in [0, 0.1) is 0 Å². The second-order valence-electron chi connectivity index (χ2n) is 4.60. The number of benzene rings is 1. The highest BCUT2D eigenvalue weighted by Crippen LogP contribution is 2.28. The molecule has 0 amide bonds. The van der Waals surface area contributed by atoms with Crippen molar-refractivity contribution in [1.82, 2.24) is 9.80 Å². The van der Waals surface area contributed by atoms with E-state index in [1.165, 1.54) is 0 Å². The van der Waals surface area contributed by atoms with Crippen LogP contribution in [-0.4, -0.2) is 54.1 Å². The third-order valence-corrected chi connectivity index (χ3v) is 3.68. The number of halogens is 2. The number of carboxylic acids is 1. The van der Waals surface area contributed by atoms with Gasteiger partial charge in [0.25, 0.3) is 0 Å². The number of hydrogen-bond donors (Lipinski definition) is 1. The molecule has 4 nitrogen and oxygen atoms in total. The van der Waals surface area contributed by atoms with Gasteiger partial charge in [0.05, 0.1) is 0 Å². The van der Waals surface area contributed by atoms with Crippen LogP contribution < -0.4 is 0 Å². The fraction of sp³-hybridized carbons (Fsp3) is 0.462. The van der Waals surface area contributed by atoms with Gasteiger partial charge in [-0.2, -0.15) is 0 Å². The Morgan fingerprint density at radius 1 is 1.26 bits per heavy atom. The van der Waals surface area contributed by atoms with E-state index in [1.54, 1.807) is 12.1 Å². The van der Waals surface area contributed by atoms with E-state index in [-0.39, 0.29) is 12.4 Å². The lowest BCUT2D eigenvalue weighted by molar-refractivity contribution is -0.144. The molecule has 0 bridgehead atoms.